The maximum absolute atomic E-state index is 6.41. The Morgan fingerprint density at radius 2 is 1.89 bits per heavy atom. The lowest BCUT2D eigenvalue weighted by atomic mass is 9.95. The van der Waals surface area contributed by atoms with E-state index in [-0.39, 0.29) is 6.04 Å². The smallest absolute Gasteiger partial charge is 0.0725 e. The van der Waals surface area contributed by atoms with Gasteiger partial charge in [-0.3, -0.25) is 0 Å². The summed E-state index contributed by atoms with van der Waals surface area (Å²) in [6.45, 7) is 3.50. The molecule has 0 aromatic heterocycles. The molecule has 1 aliphatic heterocycles. The summed E-state index contributed by atoms with van der Waals surface area (Å²) in [6.07, 6.45) is 0. The fourth-order valence-electron chi connectivity index (χ4n) is 2.47. The molecular weight excluding hydrogens is 302 g/mol. The number of fused-ring (bicyclic) bond motifs is 1. The Balaban J connectivity index is 1.99. The van der Waals surface area contributed by atoms with Gasteiger partial charge in [0.25, 0.3) is 0 Å². The maximum atomic E-state index is 6.41. The monoisotopic (exact) mass is 317 g/mol. The van der Waals surface area contributed by atoms with Crippen LogP contribution < -0.4 is 5.73 Å². The molecule has 0 amide bonds. The summed E-state index contributed by atoms with van der Waals surface area (Å²) >= 11 is 3.59. The van der Waals surface area contributed by atoms with Gasteiger partial charge in [-0.05, 0) is 35.2 Å². The predicted octanol–water partition coefficient (Wildman–Crippen LogP) is 3.84. The number of aryl methyl sites for hydroxylation is 1. The molecular formula is C16H16BrNO. The molecule has 2 aromatic carbocycles. The molecule has 3 rings (SSSR count). The van der Waals surface area contributed by atoms with Crippen LogP contribution in [0.1, 0.15) is 33.9 Å². The number of ether oxygens (including phenoxy) is 1. The van der Waals surface area contributed by atoms with E-state index in [1.807, 2.05) is 0 Å². The molecule has 0 saturated carbocycles. The maximum Gasteiger partial charge on any atom is 0.0725 e. The van der Waals surface area contributed by atoms with Gasteiger partial charge in [-0.2, -0.15) is 0 Å². The van der Waals surface area contributed by atoms with Crippen LogP contribution in [0, 0.1) is 6.92 Å². The SMILES string of the molecule is Cc1ccc(Br)c(C(N)c2ccc3c(c2)COC3)c1. The topological polar surface area (TPSA) is 35.2 Å². The lowest BCUT2D eigenvalue weighted by Gasteiger charge is -2.16. The van der Waals surface area contributed by atoms with Crippen LogP contribution in [0.4, 0.5) is 0 Å². The summed E-state index contributed by atoms with van der Waals surface area (Å²) in [5.41, 5.74) is 12.4. The van der Waals surface area contributed by atoms with Gasteiger partial charge in [-0.25, -0.2) is 0 Å². The van der Waals surface area contributed by atoms with E-state index in [0.29, 0.717) is 6.61 Å². The fraction of sp³-hybridized carbons (Fsp3) is 0.250. The highest BCUT2D eigenvalue weighted by Crippen LogP contribution is 2.30. The zero-order valence-electron chi connectivity index (χ0n) is 10.8. The largest absolute Gasteiger partial charge is 0.372 e. The van der Waals surface area contributed by atoms with Crippen molar-refractivity contribution in [3.63, 3.8) is 0 Å². The van der Waals surface area contributed by atoms with Crippen LogP contribution in [-0.4, -0.2) is 0 Å². The van der Waals surface area contributed by atoms with E-state index in [0.717, 1.165) is 22.2 Å². The normalized spacial score (nSPS) is 15.3. The van der Waals surface area contributed by atoms with Crippen molar-refractivity contribution in [2.24, 2.45) is 5.73 Å². The van der Waals surface area contributed by atoms with E-state index < -0.39 is 0 Å². The number of nitrogens with two attached hydrogens (primary N) is 1. The minimum Gasteiger partial charge on any atom is -0.372 e. The molecule has 0 aliphatic carbocycles. The molecule has 3 heteroatoms. The van der Waals surface area contributed by atoms with Crippen molar-refractivity contribution < 1.29 is 4.74 Å². The standard InChI is InChI=1S/C16H16BrNO/c1-10-2-5-15(17)14(6-10)16(18)11-3-4-12-8-19-9-13(12)7-11/h2-7,16H,8-9,18H2,1H3. The second kappa shape index (κ2) is 5.08. The summed E-state index contributed by atoms with van der Waals surface area (Å²) < 4.78 is 6.51. The first-order valence-electron chi connectivity index (χ1n) is 6.36. The number of hydrogen-bond donors (Lipinski definition) is 1. The van der Waals surface area contributed by atoms with Crippen LogP contribution >= 0.6 is 15.9 Å². The van der Waals surface area contributed by atoms with Gasteiger partial charge in [0.05, 0.1) is 19.3 Å². The minimum absolute atomic E-state index is 0.111. The summed E-state index contributed by atoms with van der Waals surface area (Å²) in [6, 6.07) is 12.6. The number of benzene rings is 2. The molecule has 0 saturated heterocycles. The summed E-state index contributed by atoms with van der Waals surface area (Å²) in [7, 11) is 0. The van der Waals surface area contributed by atoms with Crippen LogP contribution in [0.2, 0.25) is 0 Å². The van der Waals surface area contributed by atoms with Crippen LogP contribution in [0.25, 0.3) is 0 Å². The molecule has 2 aromatic rings. The molecule has 19 heavy (non-hydrogen) atoms. The average molecular weight is 318 g/mol. The van der Waals surface area contributed by atoms with Gasteiger partial charge in [0, 0.05) is 4.47 Å². The summed E-state index contributed by atoms with van der Waals surface area (Å²) in [4.78, 5) is 0. The zero-order chi connectivity index (χ0) is 13.4. The highest BCUT2D eigenvalue weighted by Gasteiger charge is 2.16. The van der Waals surface area contributed by atoms with E-state index in [4.69, 9.17) is 10.5 Å². The number of rotatable bonds is 2. The molecule has 1 heterocycles. The quantitative estimate of drug-likeness (QED) is 0.913. The Hall–Kier alpha value is -1.16. The Bertz CT molecular complexity index is 624. The average Bonchev–Trinajstić information content (AvgIpc) is 2.88. The fourth-order valence-corrected chi connectivity index (χ4v) is 2.96. The summed E-state index contributed by atoms with van der Waals surface area (Å²) in [5.74, 6) is 0. The van der Waals surface area contributed by atoms with Crippen LogP contribution in [0.5, 0.6) is 0 Å². The van der Waals surface area contributed by atoms with Crippen molar-refractivity contribution in [3.8, 4) is 0 Å². The molecule has 2 nitrogen and oxygen atoms in total. The first-order chi connectivity index (χ1) is 9.15. The molecule has 1 atom stereocenters. The van der Waals surface area contributed by atoms with Gasteiger partial charge in [-0.1, -0.05) is 51.8 Å². The molecule has 98 valence electrons. The molecule has 0 spiro atoms. The van der Waals surface area contributed by atoms with Gasteiger partial charge in [0.1, 0.15) is 0 Å². The van der Waals surface area contributed by atoms with Gasteiger partial charge >= 0.3 is 0 Å². The van der Waals surface area contributed by atoms with Crippen LogP contribution in [-0.2, 0) is 18.0 Å². The van der Waals surface area contributed by atoms with E-state index in [2.05, 4.69) is 59.3 Å². The molecule has 2 N–H and O–H groups in total. The second-order valence-electron chi connectivity index (χ2n) is 5.02. The van der Waals surface area contributed by atoms with Gasteiger partial charge in [0.15, 0.2) is 0 Å². The van der Waals surface area contributed by atoms with Gasteiger partial charge in [0.2, 0.25) is 0 Å². The van der Waals surface area contributed by atoms with E-state index in [1.54, 1.807) is 0 Å². The third-order valence-corrected chi connectivity index (χ3v) is 4.31. The Morgan fingerprint density at radius 1 is 1.11 bits per heavy atom. The van der Waals surface area contributed by atoms with E-state index in [9.17, 15) is 0 Å². The van der Waals surface area contributed by atoms with Crippen LogP contribution in [0.3, 0.4) is 0 Å². The number of hydrogen-bond acceptors (Lipinski definition) is 2. The second-order valence-corrected chi connectivity index (χ2v) is 5.88. The first kappa shape index (κ1) is 12.9. The lowest BCUT2D eigenvalue weighted by molar-refractivity contribution is 0.134. The van der Waals surface area contributed by atoms with Crippen molar-refractivity contribution in [2.45, 2.75) is 26.2 Å². The summed E-state index contributed by atoms with van der Waals surface area (Å²) in [5, 5.41) is 0. The molecule has 1 aliphatic rings. The Kier molecular flexibility index (Phi) is 3.44. The molecule has 0 radical (unpaired) electrons. The Labute approximate surface area is 121 Å². The van der Waals surface area contributed by atoms with Crippen molar-refractivity contribution in [2.75, 3.05) is 0 Å². The van der Waals surface area contributed by atoms with Gasteiger partial charge < -0.3 is 10.5 Å². The van der Waals surface area contributed by atoms with Gasteiger partial charge in [-0.15, -0.1) is 0 Å². The number of halogens is 1. The van der Waals surface area contributed by atoms with Crippen molar-refractivity contribution >= 4 is 15.9 Å². The molecule has 0 fully saturated rings. The highest BCUT2D eigenvalue weighted by molar-refractivity contribution is 9.10. The van der Waals surface area contributed by atoms with Crippen LogP contribution in [0.15, 0.2) is 40.9 Å². The molecule has 0 bridgehead atoms. The van der Waals surface area contributed by atoms with E-state index >= 15 is 0 Å². The molecule has 1 unspecified atom stereocenters. The predicted molar refractivity (Wildman–Crippen MR) is 79.8 cm³/mol. The van der Waals surface area contributed by atoms with Crippen molar-refractivity contribution in [3.05, 3.63) is 68.7 Å². The van der Waals surface area contributed by atoms with E-state index in [1.165, 1.54) is 16.7 Å². The zero-order valence-corrected chi connectivity index (χ0v) is 12.4. The first-order valence-corrected chi connectivity index (χ1v) is 7.15. The highest BCUT2D eigenvalue weighted by atomic mass is 79.9. The van der Waals surface area contributed by atoms with Crippen molar-refractivity contribution in [1.82, 2.24) is 0 Å². The third-order valence-electron chi connectivity index (χ3n) is 3.59. The third kappa shape index (κ3) is 2.46. The lowest BCUT2D eigenvalue weighted by Crippen LogP contribution is -2.13. The minimum atomic E-state index is -0.111. The van der Waals surface area contributed by atoms with Crippen molar-refractivity contribution in [1.29, 1.82) is 0 Å². The Morgan fingerprint density at radius 3 is 2.74 bits per heavy atom.